The highest BCUT2D eigenvalue weighted by Crippen LogP contribution is 2.19. The highest BCUT2D eigenvalue weighted by molar-refractivity contribution is 5.18. The molecule has 0 radical (unpaired) electrons. The number of hydrogen-bond donors (Lipinski definition) is 1. The molecule has 4 heteroatoms. The van der Waals surface area contributed by atoms with Gasteiger partial charge in [-0.05, 0) is 38.0 Å². The number of hydrogen-bond acceptors (Lipinski definition) is 3. The minimum absolute atomic E-state index is 0.242. The molecule has 1 unspecified atom stereocenters. The second kappa shape index (κ2) is 6.46. The van der Waals surface area contributed by atoms with E-state index in [4.69, 9.17) is 4.74 Å². The average Bonchev–Trinajstić information content (AvgIpc) is 2.36. The summed E-state index contributed by atoms with van der Waals surface area (Å²) in [4.78, 5) is 2.31. The number of aliphatic hydroxyl groups excluding tert-OH is 1. The molecule has 19 heavy (non-hydrogen) atoms. The number of nitrogens with zero attached hydrogens (tertiary/aromatic N) is 1. The van der Waals surface area contributed by atoms with Crippen LogP contribution < -0.4 is 0 Å². The average molecular weight is 267 g/mol. The SMILES string of the molecule is C[C@@H]1CN(CCC(O)c2ccc(F)cc2)C[C@H](C)O1. The molecule has 106 valence electrons. The van der Waals surface area contributed by atoms with E-state index in [-0.39, 0.29) is 18.0 Å². The summed E-state index contributed by atoms with van der Waals surface area (Å²) < 4.78 is 18.5. The smallest absolute Gasteiger partial charge is 0.123 e. The van der Waals surface area contributed by atoms with Gasteiger partial charge in [-0.25, -0.2) is 4.39 Å². The van der Waals surface area contributed by atoms with Crippen molar-refractivity contribution in [3.05, 3.63) is 35.6 Å². The molecule has 1 fully saturated rings. The maximum atomic E-state index is 12.8. The van der Waals surface area contributed by atoms with Crippen molar-refractivity contribution < 1.29 is 14.2 Å². The summed E-state index contributed by atoms with van der Waals surface area (Å²) in [6.07, 6.45) is 0.609. The Kier molecular flexibility index (Phi) is 4.91. The Morgan fingerprint density at radius 2 is 1.84 bits per heavy atom. The van der Waals surface area contributed by atoms with E-state index in [2.05, 4.69) is 18.7 Å². The highest BCUT2D eigenvalue weighted by atomic mass is 19.1. The van der Waals surface area contributed by atoms with Crippen LogP contribution in [-0.2, 0) is 4.74 Å². The van der Waals surface area contributed by atoms with Crippen LogP contribution in [0.2, 0.25) is 0 Å². The lowest BCUT2D eigenvalue weighted by molar-refractivity contribution is -0.0702. The Labute approximate surface area is 114 Å². The molecule has 0 spiro atoms. The number of rotatable bonds is 4. The van der Waals surface area contributed by atoms with Gasteiger partial charge in [-0.1, -0.05) is 12.1 Å². The van der Waals surface area contributed by atoms with E-state index < -0.39 is 6.10 Å². The van der Waals surface area contributed by atoms with Gasteiger partial charge in [-0.3, -0.25) is 4.90 Å². The number of morpholine rings is 1. The predicted molar refractivity (Wildman–Crippen MR) is 72.4 cm³/mol. The first kappa shape index (κ1) is 14.4. The zero-order chi connectivity index (χ0) is 13.8. The second-order valence-corrected chi connectivity index (χ2v) is 5.37. The summed E-state index contributed by atoms with van der Waals surface area (Å²) in [5.74, 6) is -0.272. The normalized spacial score (nSPS) is 26.3. The van der Waals surface area contributed by atoms with Crippen LogP contribution in [-0.4, -0.2) is 41.8 Å². The molecule has 0 aliphatic carbocycles. The van der Waals surface area contributed by atoms with Gasteiger partial charge in [0, 0.05) is 19.6 Å². The first-order chi connectivity index (χ1) is 9.04. The molecule has 3 atom stereocenters. The summed E-state index contributed by atoms with van der Waals surface area (Å²) in [5.41, 5.74) is 0.774. The fourth-order valence-corrected chi connectivity index (χ4v) is 2.62. The van der Waals surface area contributed by atoms with Crippen LogP contribution in [0.15, 0.2) is 24.3 Å². The number of aliphatic hydroxyl groups is 1. The van der Waals surface area contributed by atoms with Gasteiger partial charge in [-0.2, -0.15) is 0 Å². The van der Waals surface area contributed by atoms with Gasteiger partial charge in [0.05, 0.1) is 18.3 Å². The molecule has 1 aliphatic rings. The van der Waals surface area contributed by atoms with Crippen molar-refractivity contribution in [2.24, 2.45) is 0 Å². The van der Waals surface area contributed by atoms with Crippen molar-refractivity contribution in [1.29, 1.82) is 0 Å². The molecule has 3 nitrogen and oxygen atoms in total. The van der Waals surface area contributed by atoms with Gasteiger partial charge in [0.2, 0.25) is 0 Å². The molecule has 1 aliphatic heterocycles. The second-order valence-electron chi connectivity index (χ2n) is 5.37. The van der Waals surface area contributed by atoms with Gasteiger partial charge in [0.1, 0.15) is 5.82 Å². The summed E-state index contributed by atoms with van der Waals surface area (Å²) >= 11 is 0. The third-order valence-corrected chi connectivity index (χ3v) is 3.47. The van der Waals surface area contributed by atoms with E-state index in [1.807, 2.05) is 0 Å². The Hall–Kier alpha value is -0.970. The van der Waals surface area contributed by atoms with Crippen molar-refractivity contribution in [1.82, 2.24) is 4.90 Å². The van der Waals surface area contributed by atoms with Crippen molar-refractivity contribution in [3.8, 4) is 0 Å². The van der Waals surface area contributed by atoms with Crippen molar-refractivity contribution in [2.75, 3.05) is 19.6 Å². The molecule has 0 aromatic heterocycles. The van der Waals surface area contributed by atoms with Gasteiger partial charge >= 0.3 is 0 Å². The summed E-state index contributed by atoms with van der Waals surface area (Å²) in [7, 11) is 0. The monoisotopic (exact) mass is 267 g/mol. The van der Waals surface area contributed by atoms with Gasteiger partial charge in [0.15, 0.2) is 0 Å². The van der Waals surface area contributed by atoms with Gasteiger partial charge in [0.25, 0.3) is 0 Å². The van der Waals surface area contributed by atoms with Crippen LogP contribution in [0.25, 0.3) is 0 Å². The molecule has 0 bridgehead atoms. The lowest BCUT2D eigenvalue weighted by Gasteiger charge is -2.35. The molecule has 0 amide bonds. The van der Waals surface area contributed by atoms with Crippen LogP contribution in [0, 0.1) is 5.82 Å². The van der Waals surface area contributed by atoms with Crippen molar-refractivity contribution in [2.45, 2.75) is 38.6 Å². The zero-order valence-corrected chi connectivity index (χ0v) is 11.6. The van der Waals surface area contributed by atoms with E-state index in [1.165, 1.54) is 12.1 Å². The van der Waals surface area contributed by atoms with Gasteiger partial charge in [-0.15, -0.1) is 0 Å². The maximum Gasteiger partial charge on any atom is 0.123 e. The van der Waals surface area contributed by atoms with Crippen LogP contribution >= 0.6 is 0 Å². The first-order valence-electron chi connectivity index (χ1n) is 6.86. The van der Waals surface area contributed by atoms with Crippen molar-refractivity contribution in [3.63, 3.8) is 0 Å². The number of ether oxygens (including phenoxy) is 1. The lowest BCUT2D eigenvalue weighted by atomic mass is 10.1. The third kappa shape index (κ3) is 4.27. The topological polar surface area (TPSA) is 32.7 Å². The van der Waals surface area contributed by atoms with E-state index >= 15 is 0 Å². The van der Waals surface area contributed by atoms with Crippen molar-refractivity contribution >= 4 is 0 Å². The van der Waals surface area contributed by atoms with E-state index in [0.29, 0.717) is 6.42 Å². The minimum atomic E-state index is -0.533. The van der Waals surface area contributed by atoms with Gasteiger partial charge < -0.3 is 9.84 Å². The Morgan fingerprint density at radius 1 is 1.26 bits per heavy atom. The minimum Gasteiger partial charge on any atom is -0.388 e. The first-order valence-corrected chi connectivity index (χ1v) is 6.86. The fraction of sp³-hybridized carbons (Fsp3) is 0.600. The third-order valence-electron chi connectivity index (χ3n) is 3.47. The number of benzene rings is 1. The maximum absolute atomic E-state index is 12.8. The Bertz CT molecular complexity index is 386. The fourth-order valence-electron chi connectivity index (χ4n) is 2.62. The quantitative estimate of drug-likeness (QED) is 0.909. The Morgan fingerprint density at radius 3 is 2.42 bits per heavy atom. The summed E-state index contributed by atoms with van der Waals surface area (Å²) in [6, 6.07) is 6.06. The lowest BCUT2D eigenvalue weighted by Crippen LogP contribution is -2.45. The largest absolute Gasteiger partial charge is 0.388 e. The van der Waals surface area contributed by atoms with Crippen LogP contribution in [0.1, 0.15) is 31.9 Å². The standard InChI is InChI=1S/C15H22FNO2/c1-11-9-17(10-12(2)19-11)8-7-15(18)13-3-5-14(16)6-4-13/h3-6,11-12,15,18H,7-10H2,1-2H3/t11-,12+,15?. The van der Waals surface area contributed by atoms with Crippen LogP contribution in [0.3, 0.4) is 0 Å². The summed E-state index contributed by atoms with van der Waals surface area (Å²) in [6.45, 7) is 6.77. The van der Waals surface area contributed by atoms with Crippen LogP contribution in [0.4, 0.5) is 4.39 Å². The van der Waals surface area contributed by atoms with E-state index in [9.17, 15) is 9.50 Å². The molecule has 1 saturated heterocycles. The zero-order valence-electron chi connectivity index (χ0n) is 11.6. The molecular weight excluding hydrogens is 245 g/mol. The van der Waals surface area contributed by atoms with Crippen LogP contribution in [0.5, 0.6) is 0 Å². The Balaban J connectivity index is 1.83. The van der Waals surface area contributed by atoms with E-state index in [0.717, 1.165) is 25.2 Å². The number of halogens is 1. The highest BCUT2D eigenvalue weighted by Gasteiger charge is 2.22. The molecule has 1 N–H and O–H groups in total. The van der Waals surface area contributed by atoms with E-state index in [1.54, 1.807) is 12.1 Å². The molecule has 2 rings (SSSR count). The molecule has 1 aromatic rings. The molecule has 1 heterocycles. The summed E-state index contributed by atoms with van der Waals surface area (Å²) in [5, 5.41) is 10.1. The molecule has 1 aromatic carbocycles. The molecular formula is C15H22FNO2. The molecule has 0 saturated carbocycles. The predicted octanol–water partition coefficient (Wildman–Crippen LogP) is 2.36.